The van der Waals surface area contributed by atoms with Crippen molar-refractivity contribution in [2.24, 2.45) is 0 Å². The van der Waals surface area contributed by atoms with E-state index >= 15 is 0 Å². The second kappa shape index (κ2) is 16.5. The smallest absolute Gasteiger partial charge is 0.164 e. The second-order valence-corrected chi connectivity index (χ2v) is 15.5. The van der Waals surface area contributed by atoms with Crippen molar-refractivity contribution in [3.63, 3.8) is 0 Å². The average molecular weight is 795 g/mol. The molecule has 0 radical (unpaired) electrons. The van der Waals surface area contributed by atoms with Gasteiger partial charge in [0.2, 0.25) is 0 Å². The molecule has 1 aliphatic rings. The minimum Gasteiger partial charge on any atom is -0.264 e. The zero-order chi connectivity index (χ0) is 41.9. The Labute approximate surface area is 363 Å². The van der Waals surface area contributed by atoms with Crippen LogP contribution in [0.2, 0.25) is 0 Å². The van der Waals surface area contributed by atoms with Gasteiger partial charge in [0, 0.05) is 29.1 Å². The van der Waals surface area contributed by atoms with Crippen molar-refractivity contribution in [2.75, 3.05) is 0 Å². The molecule has 0 atom stereocenters. The van der Waals surface area contributed by atoms with Crippen LogP contribution in [-0.2, 0) is 5.41 Å². The van der Waals surface area contributed by atoms with Crippen molar-refractivity contribution in [3.8, 4) is 56.4 Å². The van der Waals surface area contributed by atoms with Crippen molar-refractivity contribution in [1.82, 2.24) is 19.9 Å². The molecule has 0 spiro atoms. The van der Waals surface area contributed by atoms with Gasteiger partial charge in [-0.15, -0.1) is 0 Å². The molecule has 7 aromatic carbocycles. The molecule has 0 N–H and O–H groups in total. The number of fused-ring (bicyclic) bond motifs is 3. The summed E-state index contributed by atoms with van der Waals surface area (Å²) in [4.78, 5) is 19.2. The first-order chi connectivity index (χ1) is 30.6. The van der Waals surface area contributed by atoms with Gasteiger partial charge in [-0.1, -0.05) is 207 Å². The number of benzene rings is 7. The van der Waals surface area contributed by atoms with E-state index in [-0.39, 0.29) is 0 Å². The number of aromatic nitrogens is 4. The highest BCUT2D eigenvalue weighted by atomic mass is 15.0. The maximum atomic E-state index is 5.02. The van der Waals surface area contributed by atoms with Crippen LogP contribution in [0.15, 0.2) is 231 Å². The summed E-state index contributed by atoms with van der Waals surface area (Å²) >= 11 is 0. The van der Waals surface area contributed by atoms with Gasteiger partial charge in [-0.2, -0.15) is 0 Å². The third-order valence-electron chi connectivity index (χ3n) is 11.9. The topological polar surface area (TPSA) is 51.6 Å². The van der Waals surface area contributed by atoms with Gasteiger partial charge in [0.15, 0.2) is 17.5 Å². The lowest BCUT2D eigenvalue weighted by atomic mass is 9.67. The number of hydrogen-bond acceptors (Lipinski definition) is 4. The third-order valence-corrected chi connectivity index (χ3v) is 11.9. The Morgan fingerprint density at radius 3 is 1.56 bits per heavy atom. The monoisotopic (exact) mass is 794 g/mol. The van der Waals surface area contributed by atoms with Crippen LogP contribution in [0.25, 0.3) is 67.6 Å². The fraction of sp³-hybridized carbons (Fsp3) is 0.0345. The van der Waals surface area contributed by atoms with Gasteiger partial charge >= 0.3 is 0 Å². The number of hydrogen-bond donors (Lipinski definition) is 0. The van der Waals surface area contributed by atoms with Gasteiger partial charge in [-0.05, 0) is 85.8 Å². The SMILES string of the molecule is C=C/C=C(\C=C(/C)c1ccc2c(c1)-c1ccccc1C2(c1ccccc1)c1ccccc1)c1ccc(-c2nc(-c3ccccc3)nc(-c3ccc(-c4cccnc4)cc3)n2)cc1. The number of allylic oxidation sites excluding steroid dienone is 5. The molecule has 0 bridgehead atoms. The first-order valence-electron chi connectivity index (χ1n) is 20.9. The van der Waals surface area contributed by atoms with Crippen LogP contribution in [0.1, 0.15) is 40.3 Å². The van der Waals surface area contributed by atoms with E-state index in [9.17, 15) is 0 Å². The third kappa shape index (κ3) is 6.98. The molecule has 62 heavy (non-hydrogen) atoms. The van der Waals surface area contributed by atoms with Crippen LogP contribution in [0.3, 0.4) is 0 Å². The lowest BCUT2D eigenvalue weighted by molar-refractivity contribution is 0.768. The molecule has 4 nitrogen and oxygen atoms in total. The van der Waals surface area contributed by atoms with E-state index in [1.807, 2.05) is 48.7 Å². The van der Waals surface area contributed by atoms with Crippen LogP contribution in [-0.4, -0.2) is 19.9 Å². The maximum absolute atomic E-state index is 5.02. The first-order valence-corrected chi connectivity index (χ1v) is 20.9. The largest absolute Gasteiger partial charge is 0.264 e. The van der Waals surface area contributed by atoms with Crippen molar-refractivity contribution >= 4 is 11.1 Å². The van der Waals surface area contributed by atoms with E-state index in [1.165, 1.54) is 38.9 Å². The van der Waals surface area contributed by atoms with Gasteiger partial charge in [-0.25, -0.2) is 15.0 Å². The van der Waals surface area contributed by atoms with Crippen molar-refractivity contribution in [3.05, 3.63) is 265 Å². The van der Waals surface area contributed by atoms with Crippen LogP contribution in [0, 0.1) is 0 Å². The summed E-state index contributed by atoms with van der Waals surface area (Å²) in [5.41, 5.74) is 16.5. The molecule has 10 rings (SSSR count). The molecule has 2 aromatic heterocycles. The Bertz CT molecular complexity index is 3060. The summed E-state index contributed by atoms with van der Waals surface area (Å²) in [5, 5.41) is 0. The van der Waals surface area contributed by atoms with Crippen LogP contribution in [0.5, 0.6) is 0 Å². The van der Waals surface area contributed by atoms with Crippen molar-refractivity contribution in [1.29, 1.82) is 0 Å². The molecule has 0 fully saturated rings. The molecule has 0 aliphatic heterocycles. The molecule has 0 amide bonds. The minimum absolute atomic E-state index is 0.424. The van der Waals surface area contributed by atoms with Gasteiger partial charge in [-0.3, -0.25) is 4.98 Å². The molecular formula is C58H42N4. The molecule has 4 heteroatoms. The number of nitrogens with zero attached hydrogens (tertiary/aromatic N) is 4. The van der Waals surface area contributed by atoms with Crippen molar-refractivity contribution in [2.45, 2.75) is 12.3 Å². The maximum Gasteiger partial charge on any atom is 0.164 e. The predicted molar refractivity (Wildman–Crippen MR) is 255 cm³/mol. The number of rotatable bonds is 10. The van der Waals surface area contributed by atoms with Gasteiger partial charge < -0.3 is 0 Å². The van der Waals surface area contributed by atoms with Gasteiger partial charge in [0.1, 0.15) is 0 Å². The quantitative estimate of drug-likeness (QED) is 0.129. The highest BCUT2D eigenvalue weighted by molar-refractivity contribution is 5.90. The Morgan fingerprint density at radius 2 is 0.968 bits per heavy atom. The second-order valence-electron chi connectivity index (χ2n) is 15.5. The lowest BCUT2D eigenvalue weighted by Gasteiger charge is -2.33. The van der Waals surface area contributed by atoms with Crippen molar-refractivity contribution < 1.29 is 0 Å². The van der Waals surface area contributed by atoms with E-state index in [0.29, 0.717) is 17.5 Å². The van der Waals surface area contributed by atoms with E-state index in [4.69, 9.17) is 15.0 Å². The Morgan fingerprint density at radius 1 is 0.468 bits per heavy atom. The predicted octanol–water partition coefficient (Wildman–Crippen LogP) is 14.0. The van der Waals surface area contributed by atoms with E-state index in [2.05, 4.69) is 188 Å². The van der Waals surface area contributed by atoms with Crippen LogP contribution >= 0.6 is 0 Å². The fourth-order valence-corrected chi connectivity index (χ4v) is 8.87. The molecule has 294 valence electrons. The summed E-state index contributed by atoms with van der Waals surface area (Å²) in [6.07, 6.45) is 9.83. The summed E-state index contributed by atoms with van der Waals surface area (Å²) in [5.74, 6) is 1.85. The normalized spacial score (nSPS) is 13.0. The highest BCUT2D eigenvalue weighted by Gasteiger charge is 2.45. The molecule has 2 heterocycles. The van der Waals surface area contributed by atoms with E-state index in [0.717, 1.165) is 44.5 Å². The van der Waals surface area contributed by atoms with Gasteiger partial charge in [0.25, 0.3) is 0 Å². The minimum atomic E-state index is -0.424. The molecule has 9 aromatic rings. The standard InChI is InChI=1S/C58H42N4/c1-3-16-47(37-40(2)46-34-35-54-52(38-46)51-24-13-14-25-53(51)58(54,49-20-9-5-10-21-49)50-22-11-6-12-23-50)41-26-30-44(31-27-41)56-60-55(43-17-7-4-8-18-43)61-57(62-56)45-32-28-42(29-33-45)48-19-15-36-59-39-48/h3-39H,1H2,2H3/b40-37+,47-16+. The first kappa shape index (κ1) is 38.1. The number of pyridine rings is 1. The van der Waals surface area contributed by atoms with E-state index < -0.39 is 5.41 Å². The molecule has 0 unspecified atom stereocenters. The molecule has 0 saturated carbocycles. The molecule has 1 aliphatic carbocycles. The van der Waals surface area contributed by atoms with Crippen LogP contribution in [0.4, 0.5) is 0 Å². The Hall–Kier alpha value is -8.08. The highest BCUT2D eigenvalue weighted by Crippen LogP contribution is 2.56. The summed E-state index contributed by atoms with van der Waals surface area (Å²) in [6, 6.07) is 68.5. The Balaban J connectivity index is 0.996. The Kier molecular flexibility index (Phi) is 10.2. The summed E-state index contributed by atoms with van der Waals surface area (Å²) in [6.45, 7) is 6.27. The van der Waals surface area contributed by atoms with Crippen LogP contribution < -0.4 is 0 Å². The molecule has 0 saturated heterocycles. The van der Waals surface area contributed by atoms with E-state index in [1.54, 1.807) is 6.20 Å². The zero-order valence-corrected chi connectivity index (χ0v) is 34.4. The summed E-state index contributed by atoms with van der Waals surface area (Å²) < 4.78 is 0. The lowest BCUT2D eigenvalue weighted by Crippen LogP contribution is -2.28. The average Bonchev–Trinajstić information content (AvgIpc) is 3.65. The van der Waals surface area contributed by atoms with Gasteiger partial charge in [0.05, 0.1) is 5.41 Å². The molecular weight excluding hydrogens is 753 g/mol. The zero-order valence-electron chi connectivity index (χ0n) is 34.4. The summed E-state index contributed by atoms with van der Waals surface area (Å²) in [7, 11) is 0. The fourth-order valence-electron chi connectivity index (χ4n) is 8.87.